The summed E-state index contributed by atoms with van der Waals surface area (Å²) in [7, 11) is 0.0959. The van der Waals surface area contributed by atoms with Crippen LogP contribution in [0.3, 0.4) is 0 Å². The number of hydrogen-bond acceptors (Lipinski definition) is 5. The van der Waals surface area contributed by atoms with E-state index in [0.29, 0.717) is 37.2 Å². The molecule has 8 heteroatoms. The van der Waals surface area contributed by atoms with E-state index >= 15 is 0 Å². The molecule has 0 radical (unpaired) electrons. The van der Waals surface area contributed by atoms with E-state index in [-0.39, 0.29) is 5.75 Å². The maximum absolute atomic E-state index is 12.3. The number of guanidine groups is 1. The van der Waals surface area contributed by atoms with E-state index in [1.54, 1.807) is 38.4 Å². The summed E-state index contributed by atoms with van der Waals surface area (Å²) in [6.07, 6.45) is 1.04. The molecule has 1 unspecified atom stereocenters. The van der Waals surface area contributed by atoms with Crippen LogP contribution in [0.15, 0.2) is 40.2 Å². The first kappa shape index (κ1) is 20.7. The average Bonchev–Trinajstić information content (AvgIpc) is 3.12. The fraction of sp³-hybridized carbons (Fsp3) is 0.611. The number of benzene rings is 1. The van der Waals surface area contributed by atoms with Crippen LogP contribution in [0.1, 0.15) is 6.42 Å². The van der Waals surface area contributed by atoms with Gasteiger partial charge in [0.1, 0.15) is 0 Å². The molecule has 1 N–H and O–H groups in total. The van der Waals surface area contributed by atoms with Crippen molar-refractivity contribution in [1.82, 2.24) is 10.2 Å². The second-order valence-electron chi connectivity index (χ2n) is 6.27. The van der Waals surface area contributed by atoms with Crippen LogP contribution in [0.4, 0.5) is 0 Å². The van der Waals surface area contributed by atoms with Gasteiger partial charge in [-0.2, -0.15) is 0 Å². The monoisotopic (exact) mass is 383 g/mol. The second-order valence-corrected chi connectivity index (χ2v) is 8.38. The van der Waals surface area contributed by atoms with Gasteiger partial charge < -0.3 is 19.7 Å². The Labute approximate surface area is 156 Å². The van der Waals surface area contributed by atoms with Crippen molar-refractivity contribution in [3.63, 3.8) is 0 Å². The number of rotatable bonds is 9. The maximum atomic E-state index is 12.3. The van der Waals surface area contributed by atoms with Gasteiger partial charge in [-0.15, -0.1) is 0 Å². The van der Waals surface area contributed by atoms with Gasteiger partial charge in [0.15, 0.2) is 15.8 Å². The molecule has 1 heterocycles. The first-order valence-corrected chi connectivity index (χ1v) is 10.5. The molecule has 0 aliphatic carbocycles. The Hall–Kier alpha value is -1.64. The summed E-state index contributed by atoms with van der Waals surface area (Å²) >= 11 is 0. The largest absolute Gasteiger partial charge is 0.382 e. The van der Waals surface area contributed by atoms with E-state index in [2.05, 4.69) is 15.2 Å². The number of likely N-dealkylation sites (tertiary alicyclic amines) is 1. The first-order valence-electron chi connectivity index (χ1n) is 8.87. The highest BCUT2D eigenvalue weighted by Gasteiger charge is 2.25. The summed E-state index contributed by atoms with van der Waals surface area (Å²) in [6, 6.07) is 8.52. The highest BCUT2D eigenvalue weighted by Crippen LogP contribution is 2.16. The Bertz CT molecular complexity index is 664. The zero-order valence-electron chi connectivity index (χ0n) is 15.6. The zero-order valence-corrected chi connectivity index (χ0v) is 16.4. The van der Waals surface area contributed by atoms with Crippen LogP contribution in [-0.4, -0.2) is 78.6 Å². The lowest BCUT2D eigenvalue weighted by molar-refractivity contribution is 0.0536. The Morgan fingerprint density at radius 2 is 2.08 bits per heavy atom. The number of aliphatic imine (C=N–C) groups is 1. The number of nitrogens with zero attached hydrogens (tertiary/aromatic N) is 2. The van der Waals surface area contributed by atoms with Crippen molar-refractivity contribution in [2.75, 3.05) is 59.4 Å². The predicted octanol–water partition coefficient (Wildman–Crippen LogP) is 1.02. The summed E-state index contributed by atoms with van der Waals surface area (Å²) < 4.78 is 35.2. The number of methoxy groups -OCH3 is 1. The molecule has 146 valence electrons. The first-order chi connectivity index (χ1) is 12.6. The van der Waals surface area contributed by atoms with Gasteiger partial charge >= 0.3 is 0 Å². The molecule has 1 aromatic rings. The molecule has 1 saturated heterocycles. The van der Waals surface area contributed by atoms with Crippen molar-refractivity contribution in [1.29, 1.82) is 0 Å². The Morgan fingerprint density at radius 1 is 1.31 bits per heavy atom. The van der Waals surface area contributed by atoms with Gasteiger partial charge in [0, 0.05) is 39.7 Å². The van der Waals surface area contributed by atoms with Gasteiger partial charge in [0.25, 0.3) is 0 Å². The van der Waals surface area contributed by atoms with Crippen LogP contribution < -0.4 is 5.32 Å². The number of hydrogen-bond donors (Lipinski definition) is 1. The van der Waals surface area contributed by atoms with Gasteiger partial charge in [-0.1, -0.05) is 18.2 Å². The molecule has 1 atom stereocenters. The van der Waals surface area contributed by atoms with Crippen LogP contribution in [0, 0.1) is 5.92 Å². The minimum absolute atomic E-state index is 0.0351. The summed E-state index contributed by atoms with van der Waals surface area (Å²) in [4.78, 5) is 6.79. The van der Waals surface area contributed by atoms with Crippen LogP contribution in [0.25, 0.3) is 0 Å². The van der Waals surface area contributed by atoms with Crippen molar-refractivity contribution in [3.8, 4) is 0 Å². The molecule has 0 saturated carbocycles. The minimum atomic E-state index is -3.28. The molecule has 2 rings (SSSR count). The van der Waals surface area contributed by atoms with E-state index in [1.165, 1.54) is 0 Å². The summed E-state index contributed by atoms with van der Waals surface area (Å²) in [5.41, 5.74) is 0. The van der Waals surface area contributed by atoms with Crippen molar-refractivity contribution in [2.24, 2.45) is 10.9 Å². The number of nitrogens with one attached hydrogen (secondary N) is 1. The smallest absolute Gasteiger partial charge is 0.193 e. The molecule has 1 fully saturated rings. The van der Waals surface area contributed by atoms with Crippen molar-refractivity contribution < 1.29 is 17.9 Å². The molecule has 7 nitrogen and oxygen atoms in total. The lowest BCUT2D eigenvalue weighted by Crippen LogP contribution is -2.42. The summed E-state index contributed by atoms with van der Waals surface area (Å²) in [6.45, 7) is 4.00. The Morgan fingerprint density at radius 3 is 2.77 bits per heavy atom. The van der Waals surface area contributed by atoms with Crippen molar-refractivity contribution in [3.05, 3.63) is 30.3 Å². The number of sulfone groups is 1. The van der Waals surface area contributed by atoms with E-state index in [9.17, 15) is 8.42 Å². The fourth-order valence-corrected chi connectivity index (χ4v) is 4.11. The lowest BCUT2D eigenvalue weighted by Gasteiger charge is -2.21. The number of ether oxygens (including phenoxy) is 2. The van der Waals surface area contributed by atoms with Crippen molar-refractivity contribution >= 4 is 15.8 Å². The molecule has 1 aliphatic heterocycles. The van der Waals surface area contributed by atoms with Crippen molar-refractivity contribution in [2.45, 2.75) is 11.3 Å². The topological polar surface area (TPSA) is 80.2 Å². The normalized spacial score (nSPS) is 18.3. The summed E-state index contributed by atoms with van der Waals surface area (Å²) in [5, 5.41) is 3.17. The van der Waals surface area contributed by atoms with Gasteiger partial charge in [-0.25, -0.2) is 8.42 Å². The SMILES string of the molecule is CN=C(NCCS(=O)(=O)c1ccccc1)N1CCC(COCCOC)C1. The van der Waals surface area contributed by atoms with E-state index < -0.39 is 9.84 Å². The molecular weight excluding hydrogens is 354 g/mol. The van der Waals surface area contributed by atoms with E-state index in [1.807, 2.05) is 6.07 Å². The molecule has 0 spiro atoms. The quantitative estimate of drug-likeness (QED) is 0.390. The van der Waals surface area contributed by atoms with Crippen LogP contribution in [0.2, 0.25) is 0 Å². The predicted molar refractivity (Wildman–Crippen MR) is 102 cm³/mol. The third-order valence-electron chi connectivity index (χ3n) is 4.34. The maximum Gasteiger partial charge on any atom is 0.193 e. The van der Waals surface area contributed by atoms with Crippen LogP contribution in [-0.2, 0) is 19.3 Å². The second kappa shape index (κ2) is 10.5. The van der Waals surface area contributed by atoms with Crippen LogP contribution in [0.5, 0.6) is 0 Å². The van der Waals surface area contributed by atoms with Gasteiger partial charge in [0.2, 0.25) is 0 Å². The standard InChI is InChI=1S/C18H29N3O4S/c1-19-18(21-10-8-16(14-21)15-25-12-11-24-2)20-9-13-26(22,23)17-6-4-3-5-7-17/h3-7,16H,8-15H2,1-2H3,(H,19,20). The molecule has 26 heavy (non-hydrogen) atoms. The Balaban J connectivity index is 1.76. The lowest BCUT2D eigenvalue weighted by atomic mass is 10.1. The molecule has 1 aliphatic rings. The Kier molecular flexibility index (Phi) is 8.34. The third-order valence-corrected chi connectivity index (χ3v) is 6.07. The molecule has 0 aromatic heterocycles. The van der Waals surface area contributed by atoms with E-state index in [0.717, 1.165) is 25.5 Å². The van der Waals surface area contributed by atoms with Crippen LogP contribution >= 0.6 is 0 Å². The molecule has 0 bridgehead atoms. The fourth-order valence-electron chi connectivity index (χ4n) is 2.93. The minimum Gasteiger partial charge on any atom is -0.382 e. The highest BCUT2D eigenvalue weighted by atomic mass is 32.2. The molecule has 0 amide bonds. The highest BCUT2D eigenvalue weighted by molar-refractivity contribution is 7.91. The third kappa shape index (κ3) is 6.26. The summed E-state index contributed by atoms with van der Waals surface area (Å²) in [5.74, 6) is 1.24. The molecule has 1 aromatic carbocycles. The van der Waals surface area contributed by atoms with E-state index in [4.69, 9.17) is 9.47 Å². The van der Waals surface area contributed by atoms with Gasteiger partial charge in [-0.05, 0) is 18.6 Å². The molecular formula is C18H29N3O4S. The zero-order chi connectivity index (χ0) is 18.8. The van der Waals surface area contributed by atoms with Gasteiger partial charge in [0.05, 0.1) is 30.5 Å². The average molecular weight is 384 g/mol. The van der Waals surface area contributed by atoms with Gasteiger partial charge in [-0.3, -0.25) is 4.99 Å².